The lowest BCUT2D eigenvalue weighted by molar-refractivity contribution is 0.0950. The van der Waals surface area contributed by atoms with Crippen LogP contribution < -0.4 is 10.1 Å². The summed E-state index contributed by atoms with van der Waals surface area (Å²) in [4.78, 5) is 20.6. The first kappa shape index (κ1) is 21.7. The molecule has 0 aliphatic carbocycles. The van der Waals surface area contributed by atoms with Crippen LogP contribution in [0.15, 0.2) is 73.2 Å². The standard InChI is InChI=1S/C26H22ClN5O2/c1-16-20(26(33)29-13-17-6-8-19(27)9-7-17)4-3-5-23(16)34-24-10-11-28-25-21(24)12-22(31-25)18-14-30-32(2)15-18/h3-12,14-15H,13H2,1-2H3,(H,28,31)(H,29,33). The predicted octanol–water partition coefficient (Wildman–Crippen LogP) is 5.65. The Labute approximate surface area is 201 Å². The number of hydrogen-bond acceptors (Lipinski definition) is 4. The molecule has 7 nitrogen and oxygen atoms in total. The highest BCUT2D eigenvalue weighted by Crippen LogP contribution is 2.34. The lowest BCUT2D eigenvalue weighted by atomic mass is 10.1. The van der Waals surface area contributed by atoms with Gasteiger partial charge in [0.1, 0.15) is 17.1 Å². The third-order valence-corrected chi connectivity index (χ3v) is 5.87. The molecule has 5 rings (SSSR count). The maximum absolute atomic E-state index is 12.9. The van der Waals surface area contributed by atoms with Crippen LogP contribution in [0, 0.1) is 6.92 Å². The Morgan fingerprint density at radius 2 is 1.97 bits per heavy atom. The largest absolute Gasteiger partial charge is 0.456 e. The van der Waals surface area contributed by atoms with Crippen LogP contribution in [-0.4, -0.2) is 25.7 Å². The number of pyridine rings is 1. The number of carbonyl (C=O) groups excluding carboxylic acids is 1. The van der Waals surface area contributed by atoms with Crippen LogP contribution in [0.3, 0.4) is 0 Å². The number of benzene rings is 2. The van der Waals surface area contributed by atoms with E-state index < -0.39 is 0 Å². The summed E-state index contributed by atoms with van der Waals surface area (Å²) < 4.78 is 8.02. The summed E-state index contributed by atoms with van der Waals surface area (Å²) in [7, 11) is 1.88. The minimum Gasteiger partial charge on any atom is -0.456 e. The average Bonchev–Trinajstić information content (AvgIpc) is 3.46. The Bertz CT molecular complexity index is 1490. The van der Waals surface area contributed by atoms with Crippen LogP contribution in [0.5, 0.6) is 11.5 Å². The van der Waals surface area contributed by atoms with Crippen molar-refractivity contribution in [3.8, 4) is 22.8 Å². The zero-order chi connectivity index (χ0) is 23.7. The lowest BCUT2D eigenvalue weighted by Gasteiger charge is -2.13. The molecule has 0 aliphatic rings. The van der Waals surface area contributed by atoms with E-state index in [-0.39, 0.29) is 5.91 Å². The van der Waals surface area contributed by atoms with E-state index in [1.807, 2.05) is 56.6 Å². The van der Waals surface area contributed by atoms with Crippen molar-refractivity contribution < 1.29 is 9.53 Å². The highest BCUT2D eigenvalue weighted by atomic mass is 35.5. The molecule has 170 valence electrons. The summed E-state index contributed by atoms with van der Waals surface area (Å²) in [5.74, 6) is 1.09. The third kappa shape index (κ3) is 4.38. The van der Waals surface area contributed by atoms with Crippen molar-refractivity contribution in [1.82, 2.24) is 25.1 Å². The second-order valence-electron chi connectivity index (χ2n) is 8.00. The fourth-order valence-electron chi connectivity index (χ4n) is 3.78. The zero-order valence-electron chi connectivity index (χ0n) is 18.7. The van der Waals surface area contributed by atoms with Crippen LogP contribution in [-0.2, 0) is 13.6 Å². The van der Waals surface area contributed by atoms with Gasteiger partial charge in [-0.05, 0) is 48.9 Å². The van der Waals surface area contributed by atoms with Gasteiger partial charge in [-0.25, -0.2) is 4.98 Å². The first-order valence-electron chi connectivity index (χ1n) is 10.7. The topological polar surface area (TPSA) is 84.8 Å². The number of H-pyrrole nitrogens is 1. The lowest BCUT2D eigenvalue weighted by Crippen LogP contribution is -2.23. The normalized spacial score (nSPS) is 11.0. The number of aromatic nitrogens is 4. The second kappa shape index (κ2) is 9.03. The highest BCUT2D eigenvalue weighted by Gasteiger charge is 2.15. The quantitative estimate of drug-likeness (QED) is 0.335. The molecule has 8 heteroatoms. The van der Waals surface area contributed by atoms with Gasteiger partial charge in [0.05, 0.1) is 17.3 Å². The Hall–Kier alpha value is -4.10. The molecular formula is C26H22ClN5O2. The van der Waals surface area contributed by atoms with Gasteiger partial charge in [-0.2, -0.15) is 5.10 Å². The molecule has 0 spiro atoms. The molecule has 0 saturated heterocycles. The highest BCUT2D eigenvalue weighted by molar-refractivity contribution is 6.30. The minimum atomic E-state index is -0.168. The molecular weight excluding hydrogens is 450 g/mol. The Morgan fingerprint density at radius 3 is 2.74 bits per heavy atom. The molecule has 0 aliphatic heterocycles. The van der Waals surface area contributed by atoms with Crippen molar-refractivity contribution in [2.45, 2.75) is 13.5 Å². The van der Waals surface area contributed by atoms with Crippen molar-refractivity contribution in [1.29, 1.82) is 0 Å². The molecule has 0 saturated carbocycles. The van der Waals surface area contributed by atoms with Crippen LogP contribution in [0.1, 0.15) is 21.5 Å². The molecule has 34 heavy (non-hydrogen) atoms. The molecule has 0 radical (unpaired) electrons. The van der Waals surface area contributed by atoms with Crippen LogP contribution in [0.2, 0.25) is 5.02 Å². The van der Waals surface area contributed by atoms with E-state index in [2.05, 4.69) is 20.4 Å². The third-order valence-electron chi connectivity index (χ3n) is 5.62. The van der Waals surface area contributed by atoms with Crippen molar-refractivity contribution in [3.05, 3.63) is 94.9 Å². The Morgan fingerprint density at radius 1 is 1.15 bits per heavy atom. The minimum absolute atomic E-state index is 0.168. The van der Waals surface area contributed by atoms with Gasteiger partial charge in [-0.3, -0.25) is 9.48 Å². The number of aryl methyl sites for hydroxylation is 1. The molecule has 2 aromatic carbocycles. The van der Waals surface area contributed by atoms with E-state index in [9.17, 15) is 4.79 Å². The van der Waals surface area contributed by atoms with E-state index in [0.717, 1.165) is 27.8 Å². The van der Waals surface area contributed by atoms with Gasteiger partial charge >= 0.3 is 0 Å². The Kier molecular flexibility index (Phi) is 5.77. The van der Waals surface area contributed by atoms with Crippen molar-refractivity contribution in [3.63, 3.8) is 0 Å². The number of ether oxygens (including phenoxy) is 1. The number of carbonyl (C=O) groups is 1. The second-order valence-corrected chi connectivity index (χ2v) is 8.43. The number of halogens is 1. The summed E-state index contributed by atoms with van der Waals surface area (Å²) in [6.45, 7) is 2.29. The summed E-state index contributed by atoms with van der Waals surface area (Å²) >= 11 is 5.93. The average molecular weight is 472 g/mol. The summed E-state index contributed by atoms with van der Waals surface area (Å²) in [6.07, 6.45) is 5.42. The number of aromatic amines is 1. The van der Waals surface area contributed by atoms with Crippen LogP contribution in [0.25, 0.3) is 22.3 Å². The number of hydrogen-bond donors (Lipinski definition) is 2. The van der Waals surface area contributed by atoms with Crippen LogP contribution in [0.4, 0.5) is 0 Å². The number of nitrogens with zero attached hydrogens (tertiary/aromatic N) is 3. The van der Waals surface area contributed by atoms with Crippen LogP contribution >= 0.6 is 11.6 Å². The molecule has 5 aromatic rings. The van der Waals surface area contributed by atoms with E-state index in [1.54, 1.807) is 35.3 Å². The number of rotatable bonds is 6. The zero-order valence-corrected chi connectivity index (χ0v) is 19.4. The van der Waals surface area contributed by atoms with Gasteiger partial charge in [-0.1, -0.05) is 29.8 Å². The maximum Gasteiger partial charge on any atom is 0.251 e. The molecule has 1 amide bonds. The van der Waals surface area contributed by atoms with Crippen molar-refractivity contribution in [2.24, 2.45) is 7.05 Å². The molecule has 3 aromatic heterocycles. The van der Waals surface area contributed by atoms with Gasteiger partial charge in [0.15, 0.2) is 0 Å². The van der Waals surface area contributed by atoms with Gasteiger partial charge in [-0.15, -0.1) is 0 Å². The molecule has 0 bridgehead atoms. The molecule has 0 unspecified atom stereocenters. The van der Waals surface area contributed by atoms with E-state index in [0.29, 0.717) is 34.3 Å². The molecule has 0 atom stereocenters. The number of amides is 1. The fourth-order valence-corrected chi connectivity index (χ4v) is 3.90. The van der Waals surface area contributed by atoms with Gasteiger partial charge in [0, 0.05) is 47.7 Å². The number of fused-ring (bicyclic) bond motifs is 1. The first-order chi connectivity index (χ1) is 16.5. The van der Waals surface area contributed by atoms with Gasteiger partial charge < -0.3 is 15.0 Å². The smallest absolute Gasteiger partial charge is 0.251 e. The van der Waals surface area contributed by atoms with E-state index in [4.69, 9.17) is 16.3 Å². The van der Waals surface area contributed by atoms with Gasteiger partial charge in [0.2, 0.25) is 0 Å². The summed E-state index contributed by atoms with van der Waals surface area (Å²) in [5.41, 5.74) is 4.86. The molecule has 3 heterocycles. The SMILES string of the molecule is Cc1c(Oc2ccnc3[nH]c(-c4cnn(C)c4)cc23)cccc1C(=O)NCc1ccc(Cl)cc1. The number of nitrogens with one attached hydrogen (secondary N) is 2. The monoisotopic (exact) mass is 471 g/mol. The van der Waals surface area contributed by atoms with E-state index in [1.165, 1.54) is 0 Å². The van der Waals surface area contributed by atoms with Crippen molar-refractivity contribution in [2.75, 3.05) is 0 Å². The first-order valence-corrected chi connectivity index (χ1v) is 11.1. The summed E-state index contributed by atoms with van der Waals surface area (Å²) in [6, 6.07) is 16.7. The van der Waals surface area contributed by atoms with Crippen molar-refractivity contribution >= 4 is 28.5 Å². The Balaban J connectivity index is 1.38. The molecule has 0 fully saturated rings. The summed E-state index contributed by atoms with van der Waals surface area (Å²) in [5, 5.41) is 8.70. The molecule has 2 N–H and O–H groups in total. The maximum atomic E-state index is 12.9. The predicted molar refractivity (Wildman–Crippen MR) is 132 cm³/mol. The fraction of sp³-hybridized carbons (Fsp3) is 0.115. The van der Waals surface area contributed by atoms with E-state index >= 15 is 0 Å². The van der Waals surface area contributed by atoms with Gasteiger partial charge in [0.25, 0.3) is 5.91 Å².